The number of aromatic nitrogens is 3. The molecular formula is C20H20N4O5. The van der Waals surface area contributed by atoms with Crippen LogP contribution in [0.25, 0.3) is 10.9 Å². The van der Waals surface area contributed by atoms with E-state index in [0.717, 1.165) is 10.3 Å². The molecule has 0 aliphatic carbocycles. The second kappa shape index (κ2) is 7.70. The van der Waals surface area contributed by atoms with E-state index in [1.165, 1.54) is 7.05 Å². The number of nitrogen functional groups attached to an aromatic ring is 1. The first-order chi connectivity index (χ1) is 13.8. The number of nitrogens with two attached hydrogens (primary N) is 1. The number of pyridine rings is 1. The van der Waals surface area contributed by atoms with Gasteiger partial charge >= 0.3 is 11.7 Å². The van der Waals surface area contributed by atoms with E-state index in [2.05, 4.69) is 4.98 Å². The summed E-state index contributed by atoms with van der Waals surface area (Å²) in [7, 11) is 1.31. The Morgan fingerprint density at radius 2 is 1.90 bits per heavy atom. The van der Waals surface area contributed by atoms with Gasteiger partial charge in [0.05, 0.1) is 11.1 Å². The topological polar surface area (TPSA) is 137 Å². The number of aromatic amines is 1. The molecule has 0 saturated heterocycles. The van der Waals surface area contributed by atoms with Gasteiger partial charge in [-0.15, -0.1) is 0 Å². The first-order valence-electron chi connectivity index (χ1n) is 8.93. The Labute approximate surface area is 165 Å². The van der Waals surface area contributed by atoms with E-state index >= 15 is 0 Å². The quantitative estimate of drug-likeness (QED) is 0.487. The lowest BCUT2D eigenvalue weighted by molar-refractivity contribution is 0.0475. The molecule has 0 saturated carbocycles. The van der Waals surface area contributed by atoms with Gasteiger partial charge in [-0.2, -0.15) is 0 Å². The Kier molecular flexibility index (Phi) is 5.31. The number of Topliss-reactive ketones (excluding diaryl/α,β-unsaturated/α-hetero) is 1. The van der Waals surface area contributed by atoms with E-state index in [9.17, 15) is 19.2 Å². The van der Waals surface area contributed by atoms with Crippen molar-refractivity contribution in [2.75, 3.05) is 12.3 Å². The first-order valence-corrected chi connectivity index (χ1v) is 8.93. The highest BCUT2D eigenvalue weighted by Gasteiger charge is 2.22. The predicted molar refractivity (Wildman–Crippen MR) is 107 cm³/mol. The predicted octanol–water partition coefficient (Wildman–Crippen LogP) is 1.11. The van der Waals surface area contributed by atoms with Gasteiger partial charge in [0.25, 0.3) is 5.56 Å². The summed E-state index contributed by atoms with van der Waals surface area (Å²) in [5, 5.41) is 0.610. The molecule has 150 valence electrons. The van der Waals surface area contributed by atoms with Crippen molar-refractivity contribution in [1.82, 2.24) is 14.5 Å². The monoisotopic (exact) mass is 396 g/mol. The lowest BCUT2D eigenvalue weighted by atomic mass is 10.0. The number of aryl methyl sites for hydroxylation is 1. The molecule has 3 aromatic rings. The van der Waals surface area contributed by atoms with Gasteiger partial charge in [-0.1, -0.05) is 25.1 Å². The number of hydrogen-bond acceptors (Lipinski definition) is 7. The highest BCUT2D eigenvalue weighted by atomic mass is 16.5. The van der Waals surface area contributed by atoms with E-state index in [1.54, 1.807) is 25.1 Å². The van der Waals surface area contributed by atoms with Crippen molar-refractivity contribution < 1.29 is 14.3 Å². The fourth-order valence-electron chi connectivity index (χ4n) is 3.15. The fourth-order valence-corrected chi connectivity index (χ4v) is 3.15. The molecule has 0 unspecified atom stereocenters. The average molecular weight is 396 g/mol. The van der Waals surface area contributed by atoms with Crippen molar-refractivity contribution in [3.63, 3.8) is 0 Å². The van der Waals surface area contributed by atoms with Crippen molar-refractivity contribution in [3.8, 4) is 0 Å². The molecule has 9 nitrogen and oxygen atoms in total. The molecule has 0 spiro atoms. The molecule has 0 aliphatic rings. The summed E-state index contributed by atoms with van der Waals surface area (Å²) in [6.07, 6.45) is 0.625. The summed E-state index contributed by atoms with van der Waals surface area (Å²) in [5.74, 6) is -1.80. The summed E-state index contributed by atoms with van der Waals surface area (Å²) in [6, 6.07) is 7.14. The lowest BCUT2D eigenvalue weighted by Crippen LogP contribution is -2.35. The molecule has 3 rings (SSSR count). The van der Waals surface area contributed by atoms with E-state index in [4.69, 9.17) is 10.5 Å². The molecule has 2 aromatic heterocycles. The number of ketones is 1. The minimum Gasteiger partial charge on any atom is -0.454 e. The first kappa shape index (κ1) is 20.0. The Balaban J connectivity index is 1.94. The second-order valence-electron chi connectivity index (χ2n) is 6.51. The Hall–Kier alpha value is -3.75. The summed E-state index contributed by atoms with van der Waals surface area (Å²) < 4.78 is 6.14. The molecular weight excluding hydrogens is 376 g/mol. The summed E-state index contributed by atoms with van der Waals surface area (Å²) >= 11 is 0. The van der Waals surface area contributed by atoms with E-state index in [-0.39, 0.29) is 5.82 Å². The number of benzene rings is 1. The smallest absolute Gasteiger partial charge is 0.339 e. The Morgan fingerprint density at radius 1 is 1.21 bits per heavy atom. The largest absolute Gasteiger partial charge is 0.454 e. The fraction of sp³-hybridized carbons (Fsp3) is 0.250. The number of hydrogen-bond donors (Lipinski definition) is 2. The van der Waals surface area contributed by atoms with Gasteiger partial charge in [0.15, 0.2) is 6.61 Å². The van der Waals surface area contributed by atoms with Crippen LogP contribution in [0.3, 0.4) is 0 Å². The van der Waals surface area contributed by atoms with Crippen molar-refractivity contribution in [3.05, 3.63) is 67.5 Å². The molecule has 0 radical (unpaired) electrons. The minimum atomic E-state index is -0.926. The normalized spacial score (nSPS) is 10.9. The van der Waals surface area contributed by atoms with E-state index < -0.39 is 35.2 Å². The highest BCUT2D eigenvalue weighted by Crippen LogP contribution is 2.24. The van der Waals surface area contributed by atoms with Gasteiger partial charge in [-0.25, -0.2) is 9.59 Å². The highest BCUT2D eigenvalue weighted by molar-refractivity contribution is 6.07. The van der Waals surface area contributed by atoms with Gasteiger partial charge in [0.1, 0.15) is 11.4 Å². The molecule has 2 heterocycles. The van der Waals surface area contributed by atoms with Gasteiger partial charge in [-0.3, -0.25) is 24.1 Å². The molecule has 0 bridgehead atoms. The summed E-state index contributed by atoms with van der Waals surface area (Å²) in [6.45, 7) is 3.01. The van der Waals surface area contributed by atoms with Crippen LogP contribution in [0, 0.1) is 6.92 Å². The number of anilines is 1. The molecule has 0 fully saturated rings. The zero-order valence-corrected chi connectivity index (χ0v) is 16.2. The van der Waals surface area contributed by atoms with Crippen LogP contribution in [-0.4, -0.2) is 32.9 Å². The Morgan fingerprint density at radius 3 is 2.59 bits per heavy atom. The number of para-hydroxylation sites is 1. The number of nitrogens with zero attached hydrogens (tertiary/aromatic N) is 2. The lowest BCUT2D eigenvalue weighted by Gasteiger charge is -2.13. The molecule has 1 aromatic carbocycles. The average Bonchev–Trinajstić information content (AvgIpc) is 2.69. The molecule has 0 aliphatic heterocycles. The van der Waals surface area contributed by atoms with Crippen LogP contribution in [0.2, 0.25) is 0 Å². The van der Waals surface area contributed by atoms with Crippen LogP contribution in [0.5, 0.6) is 0 Å². The van der Waals surface area contributed by atoms with Crippen molar-refractivity contribution in [1.29, 1.82) is 0 Å². The van der Waals surface area contributed by atoms with Gasteiger partial charge in [-0.05, 0) is 25.0 Å². The zero-order chi connectivity index (χ0) is 21.3. The molecule has 0 atom stereocenters. The van der Waals surface area contributed by atoms with Crippen LogP contribution in [0.15, 0.2) is 33.9 Å². The van der Waals surface area contributed by atoms with Crippen LogP contribution in [-0.2, 0) is 18.2 Å². The van der Waals surface area contributed by atoms with Gasteiger partial charge < -0.3 is 10.5 Å². The third kappa shape index (κ3) is 3.54. The molecule has 29 heavy (non-hydrogen) atoms. The standard InChI is InChI=1S/C20H20N4O5/c1-4-12-10(2)15(11-7-5-6-8-13(11)22-12)19(27)29-9-14(25)16-17(21)24(3)20(28)23-18(16)26/h5-8H,4,9,21H2,1-3H3,(H,23,26,28). The number of carbonyl (C=O) groups excluding carboxylic acids is 2. The molecule has 9 heteroatoms. The van der Waals surface area contributed by atoms with E-state index in [1.807, 2.05) is 18.0 Å². The maximum atomic E-state index is 12.8. The number of carbonyl (C=O) groups is 2. The van der Waals surface area contributed by atoms with Gasteiger partial charge in [0, 0.05) is 18.1 Å². The third-order valence-electron chi connectivity index (χ3n) is 4.76. The van der Waals surface area contributed by atoms with Crippen molar-refractivity contribution >= 4 is 28.5 Å². The molecule has 3 N–H and O–H groups in total. The van der Waals surface area contributed by atoms with Gasteiger partial charge in [0.2, 0.25) is 5.78 Å². The molecule has 0 amide bonds. The second-order valence-corrected chi connectivity index (χ2v) is 6.51. The number of esters is 1. The number of rotatable bonds is 5. The maximum Gasteiger partial charge on any atom is 0.339 e. The number of H-pyrrole nitrogens is 1. The van der Waals surface area contributed by atoms with Crippen LogP contribution in [0.4, 0.5) is 5.82 Å². The zero-order valence-electron chi connectivity index (χ0n) is 16.2. The van der Waals surface area contributed by atoms with E-state index in [0.29, 0.717) is 28.5 Å². The summed E-state index contributed by atoms with van der Waals surface area (Å²) in [4.78, 5) is 55.3. The number of nitrogens with one attached hydrogen (secondary N) is 1. The minimum absolute atomic E-state index is 0.293. The van der Waals surface area contributed by atoms with Crippen LogP contribution >= 0.6 is 0 Å². The summed E-state index contributed by atoms with van der Waals surface area (Å²) in [5.41, 5.74) is 6.01. The SMILES string of the molecule is CCc1nc2ccccc2c(C(=O)OCC(=O)c2c(N)n(C)c(=O)[nH]c2=O)c1C. The van der Waals surface area contributed by atoms with Crippen molar-refractivity contribution in [2.24, 2.45) is 7.05 Å². The van der Waals surface area contributed by atoms with Crippen LogP contribution < -0.4 is 17.0 Å². The Bertz CT molecular complexity index is 1260. The maximum absolute atomic E-state index is 12.8. The number of ether oxygens (including phenoxy) is 1. The number of fused-ring (bicyclic) bond motifs is 1. The van der Waals surface area contributed by atoms with Crippen molar-refractivity contribution in [2.45, 2.75) is 20.3 Å². The van der Waals surface area contributed by atoms with Crippen LogP contribution in [0.1, 0.15) is 38.9 Å². The third-order valence-corrected chi connectivity index (χ3v) is 4.76.